The number of carbonyl (C=O) groups is 2. The fourth-order valence-electron chi connectivity index (χ4n) is 2.58. The van der Waals surface area contributed by atoms with Crippen LogP contribution in [-0.4, -0.2) is 11.8 Å². The van der Waals surface area contributed by atoms with Gasteiger partial charge in [-0.25, -0.2) is 0 Å². The lowest BCUT2D eigenvalue weighted by Gasteiger charge is -2.17. The van der Waals surface area contributed by atoms with Gasteiger partial charge in [0.1, 0.15) is 0 Å². The molecule has 0 bridgehead atoms. The van der Waals surface area contributed by atoms with Gasteiger partial charge in [0, 0.05) is 22.4 Å². The molecule has 0 spiro atoms. The molecule has 2 amide bonds. The molecule has 27 heavy (non-hydrogen) atoms. The minimum Gasteiger partial charge on any atom is -0.348 e. The SMILES string of the molecule is CC(=O)N[C@H](CC(=O)Nc1ccccc1SCc1ccsc1)c1cccs1. The van der Waals surface area contributed by atoms with E-state index in [1.807, 2.05) is 41.8 Å². The Morgan fingerprint density at radius 2 is 1.96 bits per heavy atom. The Morgan fingerprint density at radius 3 is 2.67 bits per heavy atom. The molecule has 0 aliphatic heterocycles. The van der Waals surface area contributed by atoms with E-state index < -0.39 is 0 Å². The fourth-order valence-corrected chi connectivity index (χ4v) is 5.08. The molecule has 0 saturated heterocycles. The molecule has 0 fully saturated rings. The molecule has 2 aromatic heterocycles. The van der Waals surface area contributed by atoms with Crippen molar-refractivity contribution in [3.63, 3.8) is 0 Å². The van der Waals surface area contributed by atoms with Gasteiger partial charge in [0.15, 0.2) is 0 Å². The Labute approximate surface area is 171 Å². The normalized spacial score (nSPS) is 11.7. The molecule has 4 nitrogen and oxygen atoms in total. The fraction of sp³-hybridized carbons (Fsp3) is 0.200. The summed E-state index contributed by atoms with van der Waals surface area (Å²) in [7, 11) is 0. The molecular formula is C20H20N2O2S3. The monoisotopic (exact) mass is 416 g/mol. The van der Waals surface area contributed by atoms with Crippen LogP contribution in [0.5, 0.6) is 0 Å². The molecule has 3 aromatic rings. The van der Waals surface area contributed by atoms with Crippen LogP contribution in [0.4, 0.5) is 5.69 Å². The maximum absolute atomic E-state index is 12.6. The highest BCUT2D eigenvalue weighted by Gasteiger charge is 2.18. The Balaban J connectivity index is 1.65. The van der Waals surface area contributed by atoms with E-state index in [2.05, 4.69) is 27.5 Å². The summed E-state index contributed by atoms with van der Waals surface area (Å²) in [5.41, 5.74) is 2.07. The van der Waals surface area contributed by atoms with Crippen molar-refractivity contribution in [2.75, 3.05) is 5.32 Å². The third-order valence-corrected chi connectivity index (χ3v) is 6.65. The van der Waals surface area contributed by atoms with Gasteiger partial charge in [-0.05, 0) is 46.0 Å². The maximum atomic E-state index is 12.6. The molecule has 7 heteroatoms. The molecular weight excluding hydrogens is 396 g/mol. The Morgan fingerprint density at radius 1 is 1.11 bits per heavy atom. The second kappa shape index (κ2) is 9.73. The zero-order valence-electron chi connectivity index (χ0n) is 14.8. The topological polar surface area (TPSA) is 58.2 Å². The van der Waals surface area contributed by atoms with Crippen LogP contribution in [-0.2, 0) is 15.3 Å². The number of benzene rings is 1. The minimum atomic E-state index is -0.312. The van der Waals surface area contributed by atoms with E-state index in [4.69, 9.17) is 0 Å². The van der Waals surface area contributed by atoms with Crippen molar-refractivity contribution in [2.24, 2.45) is 0 Å². The first-order valence-electron chi connectivity index (χ1n) is 8.45. The van der Waals surface area contributed by atoms with Gasteiger partial charge < -0.3 is 10.6 Å². The number of hydrogen-bond donors (Lipinski definition) is 2. The van der Waals surface area contributed by atoms with Crippen LogP contribution in [0.2, 0.25) is 0 Å². The second-order valence-corrected chi connectivity index (χ2v) is 8.71. The molecule has 0 unspecified atom stereocenters. The van der Waals surface area contributed by atoms with Crippen LogP contribution in [0.1, 0.15) is 29.8 Å². The number of amides is 2. The Bertz CT molecular complexity index is 877. The number of anilines is 1. The van der Waals surface area contributed by atoms with Crippen LogP contribution in [0.25, 0.3) is 0 Å². The number of thioether (sulfide) groups is 1. The van der Waals surface area contributed by atoms with E-state index in [9.17, 15) is 9.59 Å². The number of para-hydroxylation sites is 1. The quantitative estimate of drug-likeness (QED) is 0.489. The predicted molar refractivity (Wildman–Crippen MR) is 114 cm³/mol. The number of carbonyl (C=O) groups excluding carboxylic acids is 2. The number of nitrogens with one attached hydrogen (secondary N) is 2. The average Bonchev–Trinajstić information content (AvgIpc) is 3.34. The molecule has 2 N–H and O–H groups in total. The third-order valence-electron chi connectivity index (χ3n) is 3.79. The molecule has 0 aliphatic rings. The molecule has 0 radical (unpaired) electrons. The molecule has 1 atom stereocenters. The van der Waals surface area contributed by atoms with E-state index in [0.29, 0.717) is 0 Å². The standard InChI is InChI=1S/C20H20N2O2S3/c1-14(23)21-17(19-7-4-9-26-19)11-20(24)22-16-5-2-3-6-18(16)27-13-15-8-10-25-12-15/h2-10,12,17H,11,13H2,1H3,(H,21,23)(H,22,24)/t17-/m1/s1. The van der Waals surface area contributed by atoms with Crippen LogP contribution >= 0.6 is 34.4 Å². The van der Waals surface area contributed by atoms with Crippen LogP contribution in [0.15, 0.2) is 63.5 Å². The molecule has 0 saturated carbocycles. The van der Waals surface area contributed by atoms with Crippen LogP contribution < -0.4 is 10.6 Å². The summed E-state index contributed by atoms with van der Waals surface area (Å²) in [5, 5.41) is 12.0. The van der Waals surface area contributed by atoms with Gasteiger partial charge in [-0.2, -0.15) is 11.3 Å². The minimum absolute atomic E-state index is 0.120. The van der Waals surface area contributed by atoms with Crippen molar-refractivity contribution in [1.82, 2.24) is 5.32 Å². The van der Waals surface area contributed by atoms with Crippen molar-refractivity contribution in [2.45, 2.75) is 30.0 Å². The predicted octanol–water partition coefficient (Wildman–Crippen LogP) is 5.31. The summed E-state index contributed by atoms with van der Waals surface area (Å²) in [6.45, 7) is 1.47. The summed E-state index contributed by atoms with van der Waals surface area (Å²) in [4.78, 5) is 26.1. The molecule has 140 valence electrons. The number of hydrogen-bond acceptors (Lipinski definition) is 5. The lowest BCUT2D eigenvalue weighted by Crippen LogP contribution is -2.29. The van der Waals surface area contributed by atoms with Crippen molar-refractivity contribution >= 4 is 51.9 Å². The Hall–Kier alpha value is -2.09. The first kappa shape index (κ1) is 19.7. The van der Waals surface area contributed by atoms with Gasteiger partial charge in [-0.15, -0.1) is 23.1 Å². The molecule has 0 aliphatic carbocycles. The lowest BCUT2D eigenvalue weighted by molar-refractivity contribution is -0.120. The number of rotatable bonds is 8. The van der Waals surface area contributed by atoms with E-state index in [1.165, 1.54) is 23.8 Å². The van der Waals surface area contributed by atoms with Gasteiger partial charge >= 0.3 is 0 Å². The molecule has 2 heterocycles. The zero-order chi connectivity index (χ0) is 19.1. The summed E-state index contributed by atoms with van der Waals surface area (Å²) in [6.07, 6.45) is 0.198. The third kappa shape index (κ3) is 5.95. The van der Waals surface area contributed by atoms with Crippen LogP contribution in [0.3, 0.4) is 0 Å². The van der Waals surface area contributed by atoms with E-state index in [1.54, 1.807) is 23.1 Å². The van der Waals surface area contributed by atoms with E-state index in [-0.39, 0.29) is 24.3 Å². The first-order chi connectivity index (χ1) is 13.1. The first-order valence-corrected chi connectivity index (χ1v) is 11.3. The molecule has 1 aromatic carbocycles. The second-order valence-electron chi connectivity index (χ2n) is 5.94. The molecule has 3 rings (SSSR count). The van der Waals surface area contributed by atoms with Gasteiger partial charge in [-0.1, -0.05) is 18.2 Å². The summed E-state index contributed by atoms with van der Waals surface area (Å²) in [5.74, 6) is 0.596. The van der Waals surface area contributed by atoms with Crippen molar-refractivity contribution in [3.8, 4) is 0 Å². The van der Waals surface area contributed by atoms with Gasteiger partial charge in [-0.3, -0.25) is 9.59 Å². The van der Waals surface area contributed by atoms with Crippen molar-refractivity contribution in [3.05, 3.63) is 69.0 Å². The summed E-state index contributed by atoms with van der Waals surface area (Å²) < 4.78 is 0. The zero-order valence-corrected chi connectivity index (χ0v) is 17.3. The maximum Gasteiger partial charge on any atom is 0.226 e. The highest BCUT2D eigenvalue weighted by atomic mass is 32.2. The summed E-state index contributed by atoms with van der Waals surface area (Å²) in [6, 6.07) is 13.5. The van der Waals surface area contributed by atoms with Crippen LogP contribution in [0, 0.1) is 0 Å². The summed E-state index contributed by atoms with van der Waals surface area (Å²) >= 11 is 4.91. The van der Waals surface area contributed by atoms with Gasteiger partial charge in [0.25, 0.3) is 0 Å². The Kier molecular flexibility index (Phi) is 7.09. The van der Waals surface area contributed by atoms with Crippen molar-refractivity contribution in [1.29, 1.82) is 0 Å². The number of thiophene rings is 2. The average molecular weight is 417 g/mol. The highest BCUT2D eigenvalue weighted by molar-refractivity contribution is 7.98. The lowest BCUT2D eigenvalue weighted by atomic mass is 10.1. The van der Waals surface area contributed by atoms with E-state index >= 15 is 0 Å². The van der Waals surface area contributed by atoms with Crippen molar-refractivity contribution < 1.29 is 9.59 Å². The highest BCUT2D eigenvalue weighted by Crippen LogP contribution is 2.31. The van der Waals surface area contributed by atoms with Gasteiger partial charge in [0.2, 0.25) is 11.8 Å². The van der Waals surface area contributed by atoms with E-state index in [0.717, 1.165) is 21.2 Å². The largest absolute Gasteiger partial charge is 0.348 e. The van der Waals surface area contributed by atoms with Gasteiger partial charge in [0.05, 0.1) is 18.2 Å². The smallest absolute Gasteiger partial charge is 0.226 e.